The molecule has 5 nitrogen and oxygen atoms in total. The molecule has 1 aliphatic rings. The van der Waals surface area contributed by atoms with Crippen LogP contribution in [0.2, 0.25) is 0 Å². The highest BCUT2D eigenvalue weighted by Gasteiger charge is 2.39. The van der Waals surface area contributed by atoms with Gasteiger partial charge < -0.3 is 9.84 Å². The largest absolute Gasteiger partial charge is 0.390 e. The average Bonchev–Trinajstić information content (AvgIpc) is 2.86. The van der Waals surface area contributed by atoms with Crippen LogP contribution >= 0.6 is 0 Å². The Bertz CT molecular complexity index is 372. The minimum absolute atomic E-state index is 0.386. The Morgan fingerprint density at radius 2 is 2.17 bits per heavy atom. The smallest absolute Gasteiger partial charge is 0.138 e. The van der Waals surface area contributed by atoms with Gasteiger partial charge >= 0.3 is 0 Å². The molecule has 1 aliphatic carbocycles. The van der Waals surface area contributed by atoms with E-state index in [-0.39, 0.29) is 5.60 Å². The molecule has 1 unspecified atom stereocenters. The maximum Gasteiger partial charge on any atom is 0.138 e. The molecule has 1 fully saturated rings. The number of aromatic nitrogens is 3. The third-order valence-electron chi connectivity index (χ3n) is 4.08. The predicted octanol–water partition coefficient (Wildman–Crippen LogP) is 1.55. The van der Waals surface area contributed by atoms with Crippen LogP contribution in [0.1, 0.15) is 44.9 Å². The fraction of sp³-hybridized carbons (Fsp3) is 0.846. The molecule has 2 rings (SSSR count). The van der Waals surface area contributed by atoms with Gasteiger partial charge in [0.05, 0.1) is 11.7 Å². The van der Waals surface area contributed by atoms with E-state index in [1.807, 2.05) is 11.6 Å². The number of hydrogen-bond donors (Lipinski definition) is 1. The molecule has 18 heavy (non-hydrogen) atoms. The molecule has 0 amide bonds. The van der Waals surface area contributed by atoms with E-state index in [4.69, 9.17) is 4.74 Å². The Labute approximate surface area is 108 Å². The maximum atomic E-state index is 10.5. The van der Waals surface area contributed by atoms with E-state index in [0.717, 1.165) is 38.1 Å². The van der Waals surface area contributed by atoms with Gasteiger partial charge in [0, 0.05) is 20.1 Å². The second-order valence-electron chi connectivity index (χ2n) is 5.04. The minimum atomic E-state index is -0.503. The maximum absolute atomic E-state index is 10.5. The molecule has 0 bridgehead atoms. The van der Waals surface area contributed by atoms with E-state index in [0.29, 0.717) is 6.42 Å². The summed E-state index contributed by atoms with van der Waals surface area (Å²) in [4.78, 5) is 4.22. The number of nitrogens with zero attached hydrogens (tertiary/aromatic N) is 3. The number of rotatable bonds is 5. The first kappa shape index (κ1) is 13.5. The summed E-state index contributed by atoms with van der Waals surface area (Å²) in [6, 6.07) is 0. The summed E-state index contributed by atoms with van der Waals surface area (Å²) < 4.78 is 7.48. The van der Waals surface area contributed by atoms with Crippen molar-refractivity contribution in [1.29, 1.82) is 0 Å². The van der Waals surface area contributed by atoms with Crippen LogP contribution in [-0.4, -0.2) is 38.7 Å². The zero-order valence-corrected chi connectivity index (χ0v) is 11.3. The predicted molar refractivity (Wildman–Crippen MR) is 68.2 cm³/mol. The lowest BCUT2D eigenvalue weighted by Crippen LogP contribution is -2.47. The second-order valence-corrected chi connectivity index (χ2v) is 5.04. The van der Waals surface area contributed by atoms with Gasteiger partial charge in [0.15, 0.2) is 0 Å². The van der Waals surface area contributed by atoms with Crippen LogP contribution in [0.4, 0.5) is 0 Å². The van der Waals surface area contributed by atoms with Crippen molar-refractivity contribution in [2.75, 3.05) is 7.11 Å². The summed E-state index contributed by atoms with van der Waals surface area (Å²) in [5, 5.41) is 14.6. The van der Waals surface area contributed by atoms with Gasteiger partial charge in [-0.25, -0.2) is 4.98 Å². The number of aliphatic hydroxyl groups excluding tert-OH is 1. The molecule has 0 saturated heterocycles. The summed E-state index contributed by atoms with van der Waals surface area (Å²) in [5.74, 6) is 0.840. The third kappa shape index (κ3) is 2.57. The second kappa shape index (κ2) is 5.80. The topological polar surface area (TPSA) is 60.2 Å². The summed E-state index contributed by atoms with van der Waals surface area (Å²) in [7, 11) is 1.71. The first-order chi connectivity index (χ1) is 8.72. The summed E-state index contributed by atoms with van der Waals surface area (Å²) in [6.45, 7) is 2.80. The van der Waals surface area contributed by atoms with E-state index in [2.05, 4.69) is 10.1 Å². The Kier molecular flexibility index (Phi) is 4.35. The van der Waals surface area contributed by atoms with Crippen molar-refractivity contribution in [2.24, 2.45) is 0 Å². The fourth-order valence-corrected chi connectivity index (χ4v) is 2.89. The molecule has 0 aliphatic heterocycles. The SMILES string of the molecule is CCn1ncnc1CC(O)C1(OC)CCCCC1. The van der Waals surface area contributed by atoms with Crippen molar-refractivity contribution in [3.63, 3.8) is 0 Å². The van der Waals surface area contributed by atoms with Gasteiger partial charge in [-0.15, -0.1) is 0 Å². The zero-order valence-electron chi connectivity index (χ0n) is 11.3. The lowest BCUT2D eigenvalue weighted by Gasteiger charge is -2.39. The van der Waals surface area contributed by atoms with Gasteiger partial charge in [-0.05, 0) is 19.8 Å². The molecular formula is C13H23N3O2. The van der Waals surface area contributed by atoms with Gasteiger partial charge in [-0.2, -0.15) is 5.10 Å². The summed E-state index contributed by atoms with van der Waals surface area (Å²) in [5.41, 5.74) is -0.386. The monoisotopic (exact) mass is 253 g/mol. The highest BCUT2D eigenvalue weighted by atomic mass is 16.5. The van der Waals surface area contributed by atoms with Crippen LogP contribution in [0, 0.1) is 0 Å². The lowest BCUT2D eigenvalue weighted by molar-refractivity contribution is -0.122. The molecule has 5 heteroatoms. The molecular weight excluding hydrogens is 230 g/mol. The summed E-state index contributed by atoms with van der Waals surface area (Å²) in [6.07, 6.45) is 6.93. The molecule has 1 heterocycles. The van der Waals surface area contributed by atoms with Crippen LogP contribution in [0.5, 0.6) is 0 Å². The third-order valence-corrected chi connectivity index (χ3v) is 4.08. The first-order valence-corrected chi connectivity index (χ1v) is 6.82. The molecule has 0 aromatic carbocycles. The van der Waals surface area contributed by atoms with E-state index >= 15 is 0 Å². The fourth-order valence-electron chi connectivity index (χ4n) is 2.89. The molecule has 1 aromatic heterocycles. The number of methoxy groups -OCH3 is 1. The van der Waals surface area contributed by atoms with Crippen molar-refractivity contribution in [3.8, 4) is 0 Å². The average molecular weight is 253 g/mol. The van der Waals surface area contributed by atoms with E-state index < -0.39 is 6.10 Å². The van der Waals surface area contributed by atoms with Gasteiger partial charge in [0.1, 0.15) is 12.2 Å². The van der Waals surface area contributed by atoms with E-state index in [1.54, 1.807) is 13.4 Å². The normalized spacial score (nSPS) is 20.8. The van der Waals surface area contributed by atoms with Crippen LogP contribution in [0.3, 0.4) is 0 Å². The summed E-state index contributed by atoms with van der Waals surface area (Å²) >= 11 is 0. The van der Waals surface area contributed by atoms with Crippen molar-refractivity contribution in [1.82, 2.24) is 14.8 Å². The zero-order chi connectivity index (χ0) is 13.0. The van der Waals surface area contributed by atoms with Gasteiger partial charge in [-0.1, -0.05) is 19.3 Å². The molecule has 0 radical (unpaired) electrons. The first-order valence-electron chi connectivity index (χ1n) is 6.82. The van der Waals surface area contributed by atoms with Crippen LogP contribution < -0.4 is 0 Å². The number of ether oxygens (including phenoxy) is 1. The van der Waals surface area contributed by atoms with Crippen LogP contribution in [0.15, 0.2) is 6.33 Å². The van der Waals surface area contributed by atoms with Gasteiger partial charge in [0.25, 0.3) is 0 Å². The van der Waals surface area contributed by atoms with Crippen LogP contribution in [0.25, 0.3) is 0 Å². The molecule has 1 N–H and O–H groups in total. The molecule has 102 valence electrons. The van der Waals surface area contributed by atoms with Crippen molar-refractivity contribution < 1.29 is 9.84 Å². The number of aryl methyl sites for hydroxylation is 1. The highest BCUT2D eigenvalue weighted by Crippen LogP contribution is 2.35. The Balaban J connectivity index is 2.07. The number of hydrogen-bond acceptors (Lipinski definition) is 4. The van der Waals surface area contributed by atoms with Crippen LogP contribution in [-0.2, 0) is 17.7 Å². The Morgan fingerprint density at radius 1 is 1.44 bits per heavy atom. The highest BCUT2D eigenvalue weighted by molar-refractivity contribution is 4.97. The quantitative estimate of drug-likeness (QED) is 0.865. The van der Waals surface area contributed by atoms with Gasteiger partial charge in [0.2, 0.25) is 0 Å². The van der Waals surface area contributed by atoms with Crippen molar-refractivity contribution in [2.45, 2.75) is 63.7 Å². The van der Waals surface area contributed by atoms with Crippen molar-refractivity contribution in [3.05, 3.63) is 12.2 Å². The van der Waals surface area contributed by atoms with Crippen molar-refractivity contribution >= 4 is 0 Å². The molecule has 1 atom stereocenters. The molecule has 0 spiro atoms. The molecule has 1 saturated carbocycles. The Hall–Kier alpha value is -0.940. The van der Waals surface area contributed by atoms with E-state index in [1.165, 1.54) is 6.42 Å². The number of aliphatic hydroxyl groups is 1. The lowest BCUT2D eigenvalue weighted by atomic mass is 9.79. The Morgan fingerprint density at radius 3 is 2.78 bits per heavy atom. The molecule has 1 aromatic rings. The minimum Gasteiger partial charge on any atom is -0.390 e. The van der Waals surface area contributed by atoms with E-state index in [9.17, 15) is 5.11 Å². The van der Waals surface area contributed by atoms with Gasteiger partial charge in [-0.3, -0.25) is 4.68 Å². The standard InChI is InChI=1S/C13H23N3O2/c1-3-16-12(14-10-15-16)9-11(17)13(18-2)7-5-4-6-8-13/h10-11,17H,3-9H2,1-2H3.